The van der Waals surface area contributed by atoms with E-state index < -0.39 is 14.8 Å². The van der Waals surface area contributed by atoms with E-state index in [0.29, 0.717) is 17.9 Å². The number of nitrogens with zero attached hydrogens (tertiary/aromatic N) is 1. The van der Waals surface area contributed by atoms with Crippen LogP contribution in [0.4, 0.5) is 5.69 Å². The maximum atomic E-state index is 11.1. The number of nitro groups is 1. The standard InChI is InChI=1S/C13H20N2O5S/c1-10(2)14-9-11-8-12(15(16)17)4-5-13(11)20-6-7-21(3,18)19/h4-5,8,10,14H,6-7,9H2,1-3H3. The molecular weight excluding hydrogens is 296 g/mol. The average molecular weight is 316 g/mol. The lowest BCUT2D eigenvalue weighted by Gasteiger charge is -2.13. The topological polar surface area (TPSA) is 98.5 Å². The quantitative estimate of drug-likeness (QED) is 0.576. The third kappa shape index (κ3) is 6.54. The van der Waals surface area contributed by atoms with Crippen molar-refractivity contribution in [2.24, 2.45) is 0 Å². The number of sulfone groups is 1. The van der Waals surface area contributed by atoms with Crippen LogP contribution in [0.5, 0.6) is 5.75 Å². The number of nitro benzene ring substituents is 1. The number of non-ortho nitro benzene ring substituents is 1. The average Bonchev–Trinajstić information content (AvgIpc) is 2.35. The van der Waals surface area contributed by atoms with Gasteiger partial charge in [0.1, 0.15) is 12.4 Å². The summed E-state index contributed by atoms with van der Waals surface area (Å²) in [4.78, 5) is 10.3. The molecule has 0 unspecified atom stereocenters. The first-order valence-electron chi connectivity index (χ1n) is 6.50. The van der Waals surface area contributed by atoms with E-state index in [1.54, 1.807) is 0 Å². The summed E-state index contributed by atoms with van der Waals surface area (Å²) in [6, 6.07) is 4.49. The van der Waals surface area contributed by atoms with Crippen LogP contribution in [0.25, 0.3) is 0 Å². The molecule has 0 saturated heterocycles. The van der Waals surface area contributed by atoms with Crippen LogP contribution in [-0.2, 0) is 16.4 Å². The van der Waals surface area contributed by atoms with Gasteiger partial charge in [-0.1, -0.05) is 13.8 Å². The summed E-state index contributed by atoms with van der Waals surface area (Å²) in [6.07, 6.45) is 1.13. The zero-order valence-electron chi connectivity index (χ0n) is 12.3. The fourth-order valence-corrected chi connectivity index (χ4v) is 1.96. The minimum absolute atomic E-state index is 0.0192. The van der Waals surface area contributed by atoms with Crippen molar-refractivity contribution < 1.29 is 18.1 Å². The van der Waals surface area contributed by atoms with Gasteiger partial charge >= 0.3 is 0 Å². The molecule has 1 aromatic rings. The predicted octanol–water partition coefficient (Wildman–Crippen LogP) is 1.52. The number of hydrogen-bond donors (Lipinski definition) is 1. The molecule has 1 rings (SSSR count). The van der Waals surface area contributed by atoms with E-state index in [-0.39, 0.29) is 24.1 Å². The lowest BCUT2D eigenvalue weighted by Crippen LogP contribution is -2.22. The Morgan fingerprint density at radius 1 is 1.38 bits per heavy atom. The van der Waals surface area contributed by atoms with E-state index in [0.717, 1.165) is 6.26 Å². The van der Waals surface area contributed by atoms with Gasteiger partial charge in [-0.25, -0.2) is 8.42 Å². The van der Waals surface area contributed by atoms with E-state index in [9.17, 15) is 18.5 Å². The van der Waals surface area contributed by atoms with Crippen LogP contribution in [0, 0.1) is 10.1 Å². The second kappa shape index (κ2) is 7.37. The molecule has 1 N–H and O–H groups in total. The summed E-state index contributed by atoms with van der Waals surface area (Å²) in [5.74, 6) is 0.360. The van der Waals surface area contributed by atoms with Crippen molar-refractivity contribution >= 4 is 15.5 Å². The molecule has 1 aromatic carbocycles. The van der Waals surface area contributed by atoms with Crippen LogP contribution in [0.15, 0.2) is 18.2 Å². The molecule has 118 valence electrons. The first-order chi connectivity index (χ1) is 9.69. The highest BCUT2D eigenvalue weighted by molar-refractivity contribution is 7.90. The van der Waals surface area contributed by atoms with Crippen molar-refractivity contribution in [1.29, 1.82) is 0 Å². The Morgan fingerprint density at radius 3 is 2.57 bits per heavy atom. The third-order valence-electron chi connectivity index (χ3n) is 2.67. The van der Waals surface area contributed by atoms with Crippen molar-refractivity contribution in [3.8, 4) is 5.75 Å². The van der Waals surface area contributed by atoms with Crippen LogP contribution in [0.2, 0.25) is 0 Å². The van der Waals surface area contributed by atoms with Crippen molar-refractivity contribution in [2.45, 2.75) is 26.4 Å². The molecule has 0 radical (unpaired) electrons. The molecule has 0 heterocycles. The van der Waals surface area contributed by atoms with Gasteiger partial charge in [0.15, 0.2) is 9.84 Å². The van der Waals surface area contributed by atoms with Crippen LogP contribution in [-0.4, -0.2) is 38.0 Å². The molecule has 0 aromatic heterocycles. The molecule has 0 aliphatic heterocycles. The maximum absolute atomic E-state index is 11.1. The van der Waals surface area contributed by atoms with Crippen molar-refractivity contribution in [1.82, 2.24) is 5.32 Å². The number of rotatable bonds is 8. The summed E-state index contributed by atoms with van der Waals surface area (Å²) in [5, 5.41) is 14.0. The highest BCUT2D eigenvalue weighted by Gasteiger charge is 2.13. The van der Waals surface area contributed by atoms with Gasteiger partial charge in [-0.15, -0.1) is 0 Å². The Morgan fingerprint density at radius 2 is 2.05 bits per heavy atom. The third-order valence-corrected chi connectivity index (χ3v) is 3.58. The number of benzene rings is 1. The SMILES string of the molecule is CC(C)NCc1cc([N+](=O)[O-])ccc1OCCS(C)(=O)=O. The van der Waals surface area contributed by atoms with Gasteiger partial charge in [0.2, 0.25) is 0 Å². The predicted molar refractivity (Wildman–Crippen MR) is 80.3 cm³/mol. The van der Waals surface area contributed by atoms with Gasteiger partial charge in [-0.2, -0.15) is 0 Å². The molecular formula is C13H20N2O5S. The molecule has 0 fully saturated rings. The van der Waals surface area contributed by atoms with Crippen molar-refractivity contribution in [3.63, 3.8) is 0 Å². The van der Waals surface area contributed by atoms with E-state index >= 15 is 0 Å². The highest BCUT2D eigenvalue weighted by Crippen LogP contribution is 2.24. The molecule has 8 heteroatoms. The van der Waals surface area contributed by atoms with Gasteiger partial charge in [0, 0.05) is 36.5 Å². The number of nitrogens with one attached hydrogen (secondary N) is 1. The molecule has 0 saturated carbocycles. The molecule has 0 aliphatic carbocycles. The van der Waals surface area contributed by atoms with Gasteiger partial charge in [-0.3, -0.25) is 10.1 Å². The minimum Gasteiger partial charge on any atom is -0.492 e. The maximum Gasteiger partial charge on any atom is 0.270 e. The zero-order valence-corrected chi connectivity index (χ0v) is 13.1. The Kier molecular flexibility index (Phi) is 6.10. The van der Waals surface area contributed by atoms with E-state index in [4.69, 9.17) is 4.74 Å². The van der Waals surface area contributed by atoms with Crippen molar-refractivity contribution in [3.05, 3.63) is 33.9 Å². The fraction of sp³-hybridized carbons (Fsp3) is 0.538. The Bertz CT molecular complexity index is 599. The molecule has 0 spiro atoms. The Hall–Kier alpha value is -1.67. The number of hydrogen-bond acceptors (Lipinski definition) is 6. The molecule has 21 heavy (non-hydrogen) atoms. The molecule has 0 atom stereocenters. The highest BCUT2D eigenvalue weighted by atomic mass is 32.2. The van der Waals surface area contributed by atoms with E-state index in [2.05, 4.69) is 5.32 Å². The second-order valence-electron chi connectivity index (χ2n) is 5.06. The Labute approximate surface area is 124 Å². The van der Waals surface area contributed by atoms with Crippen LogP contribution in [0.3, 0.4) is 0 Å². The summed E-state index contributed by atoms with van der Waals surface area (Å²) in [7, 11) is -3.10. The first kappa shape index (κ1) is 17.4. The minimum atomic E-state index is -3.10. The number of ether oxygens (including phenoxy) is 1. The Balaban J connectivity index is 2.87. The van der Waals surface area contributed by atoms with Gasteiger partial charge < -0.3 is 10.1 Å². The van der Waals surface area contributed by atoms with Crippen LogP contribution < -0.4 is 10.1 Å². The molecule has 0 aliphatic rings. The van der Waals surface area contributed by atoms with Gasteiger partial charge in [0.25, 0.3) is 5.69 Å². The molecule has 7 nitrogen and oxygen atoms in total. The largest absolute Gasteiger partial charge is 0.492 e. The lowest BCUT2D eigenvalue weighted by molar-refractivity contribution is -0.384. The summed E-state index contributed by atoms with van der Waals surface area (Å²) in [5.41, 5.74) is 0.609. The normalized spacial score (nSPS) is 11.6. The first-order valence-corrected chi connectivity index (χ1v) is 8.56. The summed E-state index contributed by atoms with van der Waals surface area (Å²) in [6.45, 7) is 4.35. The van der Waals surface area contributed by atoms with Crippen molar-refractivity contribution in [2.75, 3.05) is 18.6 Å². The lowest BCUT2D eigenvalue weighted by atomic mass is 10.1. The van der Waals surface area contributed by atoms with Gasteiger partial charge in [0.05, 0.1) is 10.7 Å². The smallest absolute Gasteiger partial charge is 0.270 e. The molecule has 0 amide bonds. The zero-order chi connectivity index (χ0) is 16.0. The summed E-state index contributed by atoms with van der Waals surface area (Å²) < 4.78 is 27.6. The second-order valence-corrected chi connectivity index (χ2v) is 7.32. The monoisotopic (exact) mass is 316 g/mol. The van der Waals surface area contributed by atoms with Gasteiger partial charge in [-0.05, 0) is 6.07 Å². The van der Waals surface area contributed by atoms with E-state index in [1.165, 1.54) is 18.2 Å². The fourth-order valence-electron chi connectivity index (χ4n) is 1.58. The van der Waals surface area contributed by atoms with E-state index in [1.807, 2.05) is 13.8 Å². The summed E-state index contributed by atoms with van der Waals surface area (Å²) >= 11 is 0. The van der Waals surface area contributed by atoms with Crippen LogP contribution in [0.1, 0.15) is 19.4 Å². The molecule has 0 bridgehead atoms. The van der Waals surface area contributed by atoms with Crippen LogP contribution >= 0.6 is 0 Å².